The standard InChI is InChI=1S/C12H16ClN3O3S/c1-8(4-5-20-3)15(2)12(17)9-6-11(13)14-7-10(9)16(18)19/h6-8H,4-5H2,1-3H3. The molecule has 110 valence electrons. The minimum absolute atomic E-state index is 0.0125. The van der Waals surface area contributed by atoms with Gasteiger partial charge in [-0.3, -0.25) is 14.9 Å². The molecule has 1 unspecified atom stereocenters. The summed E-state index contributed by atoms with van der Waals surface area (Å²) in [7, 11) is 1.63. The van der Waals surface area contributed by atoms with Gasteiger partial charge in [-0.1, -0.05) is 11.6 Å². The van der Waals surface area contributed by atoms with E-state index in [1.807, 2.05) is 13.2 Å². The van der Waals surface area contributed by atoms with Gasteiger partial charge in [0, 0.05) is 13.1 Å². The summed E-state index contributed by atoms with van der Waals surface area (Å²) in [6.07, 6.45) is 3.81. The molecule has 0 radical (unpaired) electrons. The Morgan fingerprint density at radius 1 is 1.65 bits per heavy atom. The molecular formula is C12H16ClN3O3S. The highest BCUT2D eigenvalue weighted by molar-refractivity contribution is 7.98. The zero-order valence-corrected chi connectivity index (χ0v) is 13.1. The Labute approximate surface area is 126 Å². The lowest BCUT2D eigenvalue weighted by Crippen LogP contribution is -2.35. The average Bonchev–Trinajstić information content (AvgIpc) is 2.42. The quantitative estimate of drug-likeness (QED) is 0.458. The van der Waals surface area contributed by atoms with Gasteiger partial charge in [-0.15, -0.1) is 0 Å². The third-order valence-corrected chi connectivity index (χ3v) is 3.85. The SMILES string of the molecule is CSCCC(C)N(C)C(=O)c1cc(Cl)ncc1[N+](=O)[O-]. The summed E-state index contributed by atoms with van der Waals surface area (Å²) in [6.45, 7) is 1.91. The molecule has 0 N–H and O–H groups in total. The van der Waals surface area contributed by atoms with Crippen molar-refractivity contribution in [2.24, 2.45) is 0 Å². The van der Waals surface area contributed by atoms with Gasteiger partial charge < -0.3 is 4.90 Å². The first kappa shape index (κ1) is 16.7. The Morgan fingerprint density at radius 3 is 2.85 bits per heavy atom. The number of carbonyl (C=O) groups excluding carboxylic acids is 1. The molecule has 6 nitrogen and oxygen atoms in total. The number of nitrogens with zero attached hydrogens (tertiary/aromatic N) is 3. The van der Waals surface area contributed by atoms with Crippen molar-refractivity contribution in [2.75, 3.05) is 19.1 Å². The molecule has 1 heterocycles. The van der Waals surface area contributed by atoms with Crippen LogP contribution in [0.5, 0.6) is 0 Å². The van der Waals surface area contributed by atoms with Crippen molar-refractivity contribution in [1.82, 2.24) is 9.88 Å². The number of rotatable bonds is 6. The molecule has 0 spiro atoms. The molecule has 0 saturated carbocycles. The number of carbonyl (C=O) groups is 1. The largest absolute Gasteiger partial charge is 0.339 e. The Balaban J connectivity index is 3.01. The van der Waals surface area contributed by atoms with Gasteiger partial charge in [0.1, 0.15) is 16.9 Å². The van der Waals surface area contributed by atoms with Gasteiger partial charge in [0.15, 0.2) is 0 Å². The number of hydrogen-bond acceptors (Lipinski definition) is 5. The van der Waals surface area contributed by atoms with E-state index in [1.54, 1.807) is 18.8 Å². The minimum Gasteiger partial charge on any atom is -0.339 e. The molecule has 1 amide bonds. The highest BCUT2D eigenvalue weighted by Gasteiger charge is 2.26. The second-order valence-electron chi connectivity index (χ2n) is 4.33. The molecule has 0 bridgehead atoms. The molecule has 0 fully saturated rings. The van der Waals surface area contributed by atoms with Crippen molar-refractivity contribution in [2.45, 2.75) is 19.4 Å². The van der Waals surface area contributed by atoms with Crippen LogP contribution in [0, 0.1) is 10.1 Å². The van der Waals surface area contributed by atoms with Crippen LogP contribution in [-0.2, 0) is 0 Å². The van der Waals surface area contributed by atoms with E-state index in [0.717, 1.165) is 18.4 Å². The average molecular weight is 318 g/mol. The molecule has 8 heteroatoms. The molecular weight excluding hydrogens is 302 g/mol. The molecule has 20 heavy (non-hydrogen) atoms. The van der Waals surface area contributed by atoms with Crippen LogP contribution in [0.3, 0.4) is 0 Å². The predicted octanol–water partition coefficient (Wildman–Crippen LogP) is 2.86. The minimum atomic E-state index is -0.628. The number of thioether (sulfide) groups is 1. The van der Waals surface area contributed by atoms with Crippen molar-refractivity contribution < 1.29 is 9.72 Å². The third-order valence-electron chi connectivity index (χ3n) is 3.00. The molecule has 0 aromatic carbocycles. The maximum absolute atomic E-state index is 12.4. The Bertz CT molecular complexity index is 513. The molecule has 0 saturated heterocycles. The highest BCUT2D eigenvalue weighted by atomic mass is 35.5. The van der Waals surface area contributed by atoms with Crippen molar-refractivity contribution in [3.63, 3.8) is 0 Å². The van der Waals surface area contributed by atoms with Crippen molar-refractivity contribution in [3.8, 4) is 0 Å². The monoisotopic (exact) mass is 317 g/mol. The van der Waals surface area contributed by atoms with Crippen LogP contribution in [0.25, 0.3) is 0 Å². The molecule has 1 aromatic heterocycles. The van der Waals surface area contributed by atoms with E-state index in [0.29, 0.717) is 0 Å². The molecule has 0 aliphatic rings. The van der Waals surface area contributed by atoms with E-state index in [4.69, 9.17) is 11.6 Å². The fourth-order valence-corrected chi connectivity index (χ4v) is 2.35. The molecule has 1 atom stereocenters. The van der Waals surface area contributed by atoms with E-state index >= 15 is 0 Å². The summed E-state index contributed by atoms with van der Waals surface area (Å²) in [6, 6.07) is 1.22. The van der Waals surface area contributed by atoms with Crippen LogP contribution >= 0.6 is 23.4 Å². The van der Waals surface area contributed by atoms with E-state index in [9.17, 15) is 14.9 Å². The van der Waals surface area contributed by atoms with Crippen LogP contribution in [-0.4, -0.2) is 45.8 Å². The van der Waals surface area contributed by atoms with Crippen molar-refractivity contribution in [3.05, 3.63) is 33.1 Å². The summed E-state index contributed by atoms with van der Waals surface area (Å²) in [4.78, 5) is 27.8. The van der Waals surface area contributed by atoms with Crippen LogP contribution in [0.2, 0.25) is 5.15 Å². The highest BCUT2D eigenvalue weighted by Crippen LogP contribution is 2.22. The molecule has 0 aliphatic carbocycles. The predicted molar refractivity (Wildman–Crippen MR) is 80.5 cm³/mol. The normalized spacial score (nSPS) is 12.0. The summed E-state index contributed by atoms with van der Waals surface area (Å²) >= 11 is 7.41. The third kappa shape index (κ3) is 4.08. The number of nitro groups is 1. The van der Waals surface area contributed by atoms with E-state index in [1.165, 1.54) is 11.0 Å². The van der Waals surface area contributed by atoms with Crippen molar-refractivity contribution in [1.29, 1.82) is 0 Å². The first-order valence-corrected chi connectivity index (χ1v) is 7.71. The number of aromatic nitrogens is 1. The van der Waals surface area contributed by atoms with E-state index in [-0.39, 0.29) is 22.4 Å². The lowest BCUT2D eigenvalue weighted by atomic mass is 10.1. The zero-order valence-electron chi connectivity index (χ0n) is 11.5. The van der Waals surface area contributed by atoms with Gasteiger partial charge in [-0.2, -0.15) is 11.8 Å². The summed E-state index contributed by atoms with van der Waals surface area (Å²) in [5, 5.41) is 11.0. The van der Waals surface area contributed by atoms with Crippen LogP contribution in [0.15, 0.2) is 12.3 Å². The Hall–Kier alpha value is -1.34. The number of hydrogen-bond donors (Lipinski definition) is 0. The molecule has 1 aromatic rings. The van der Waals surface area contributed by atoms with Crippen LogP contribution in [0.4, 0.5) is 5.69 Å². The number of pyridine rings is 1. The van der Waals surface area contributed by atoms with E-state index < -0.39 is 10.8 Å². The summed E-state index contributed by atoms with van der Waals surface area (Å²) < 4.78 is 0. The van der Waals surface area contributed by atoms with Gasteiger partial charge in [0.2, 0.25) is 0 Å². The second kappa shape index (κ2) is 7.44. The number of halogens is 1. The first-order chi connectivity index (χ1) is 9.38. The second-order valence-corrected chi connectivity index (χ2v) is 5.70. The zero-order chi connectivity index (χ0) is 15.3. The smallest absolute Gasteiger partial charge is 0.300 e. The van der Waals surface area contributed by atoms with Gasteiger partial charge in [-0.25, -0.2) is 4.98 Å². The fourth-order valence-electron chi connectivity index (χ4n) is 1.61. The lowest BCUT2D eigenvalue weighted by molar-refractivity contribution is -0.385. The molecule has 0 aliphatic heterocycles. The van der Waals surface area contributed by atoms with Gasteiger partial charge in [-0.05, 0) is 31.4 Å². The Morgan fingerprint density at radius 2 is 2.30 bits per heavy atom. The van der Waals surface area contributed by atoms with Gasteiger partial charge in [0.05, 0.1) is 4.92 Å². The maximum Gasteiger partial charge on any atom is 0.300 e. The fraction of sp³-hybridized carbons (Fsp3) is 0.500. The maximum atomic E-state index is 12.4. The summed E-state index contributed by atoms with van der Waals surface area (Å²) in [5.74, 6) is 0.493. The van der Waals surface area contributed by atoms with Crippen molar-refractivity contribution >= 4 is 35.0 Å². The molecule has 1 rings (SSSR count). The Kier molecular flexibility index (Phi) is 6.22. The van der Waals surface area contributed by atoms with Gasteiger partial charge >= 0.3 is 0 Å². The topological polar surface area (TPSA) is 76.3 Å². The van der Waals surface area contributed by atoms with Gasteiger partial charge in [0.25, 0.3) is 11.6 Å². The number of amides is 1. The van der Waals surface area contributed by atoms with Crippen LogP contribution < -0.4 is 0 Å². The van der Waals surface area contributed by atoms with Crippen LogP contribution in [0.1, 0.15) is 23.7 Å². The lowest BCUT2D eigenvalue weighted by Gasteiger charge is -2.24. The first-order valence-electron chi connectivity index (χ1n) is 5.94. The summed E-state index contributed by atoms with van der Waals surface area (Å²) in [5.41, 5.74) is -0.364. The van der Waals surface area contributed by atoms with E-state index in [2.05, 4.69) is 4.98 Å².